The summed E-state index contributed by atoms with van der Waals surface area (Å²) in [6, 6.07) is 9.71. The Kier molecular flexibility index (Phi) is 5.36. The molecule has 134 valence electrons. The Labute approximate surface area is 153 Å². The minimum absolute atomic E-state index is 0.447. The van der Waals surface area contributed by atoms with Crippen LogP contribution >= 0.6 is 11.6 Å². The van der Waals surface area contributed by atoms with E-state index in [1.165, 1.54) is 12.8 Å². The summed E-state index contributed by atoms with van der Waals surface area (Å²) in [4.78, 5) is 4.95. The van der Waals surface area contributed by atoms with Crippen molar-refractivity contribution in [1.29, 1.82) is 0 Å². The Morgan fingerprint density at radius 1 is 1.08 bits per heavy atom. The lowest BCUT2D eigenvalue weighted by atomic mass is 10.1. The first-order valence-corrected chi connectivity index (χ1v) is 9.42. The standard InChI is InChI=1S/C19H24ClN3O2/c20-16-5-3-15(4-6-16)19-12-18(25-21-19)14-23-9-7-22(8-10-23)13-17-2-1-11-24-17/h3-6,12,17H,1-2,7-11,13-14H2. The number of piperazine rings is 1. The van der Waals surface area contributed by atoms with Crippen LogP contribution in [0.15, 0.2) is 34.9 Å². The van der Waals surface area contributed by atoms with E-state index in [0.717, 1.165) is 67.9 Å². The molecule has 5 nitrogen and oxygen atoms in total. The highest BCUT2D eigenvalue weighted by atomic mass is 35.5. The van der Waals surface area contributed by atoms with Crippen LogP contribution in [0.2, 0.25) is 5.02 Å². The summed E-state index contributed by atoms with van der Waals surface area (Å²) in [5.74, 6) is 0.914. The normalized spacial score (nSPS) is 22.5. The second kappa shape index (κ2) is 7.87. The molecule has 2 saturated heterocycles. The van der Waals surface area contributed by atoms with Gasteiger partial charge in [0.1, 0.15) is 5.69 Å². The van der Waals surface area contributed by atoms with Gasteiger partial charge in [0.2, 0.25) is 0 Å². The Bertz CT molecular complexity index is 674. The first-order chi connectivity index (χ1) is 12.3. The van der Waals surface area contributed by atoms with Crippen LogP contribution in [-0.2, 0) is 11.3 Å². The molecule has 6 heteroatoms. The number of rotatable bonds is 5. The Hall–Kier alpha value is -1.40. The van der Waals surface area contributed by atoms with Gasteiger partial charge in [-0.25, -0.2) is 0 Å². The van der Waals surface area contributed by atoms with Crippen molar-refractivity contribution in [3.05, 3.63) is 41.1 Å². The lowest BCUT2D eigenvalue weighted by molar-refractivity contribution is 0.0472. The van der Waals surface area contributed by atoms with E-state index in [2.05, 4.69) is 15.0 Å². The number of hydrogen-bond donors (Lipinski definition) is 0. The molecule has 3 heterocycles. The maximum Gasteiger partial charge on any atom is 0.151 e. The summed E-state index contributed by atoms with van der Waals surface area (Å²) >= 11 is 5.94. The molecular formula is C19H24ClN3O2. The van der Waals surface area contributed by atoms with E-state index >= 15 is 0 Å². The first kappa shape index (κ1) is 17.0. The second-order valence-electron chi connectivity index (χ2n) is 6.90. The topological polar surface area (TPSA) is 41.7 Å². The van der Waals surface area contributed by atoms with E-state index in [1.54, 1.807) is 0 Å². The number of benzene rings is 1. The van der Waals surface area contributed by atoms with E-state index < -0.39 is 0 Å². The van der Waals surface area contributed by atoms with Gasteiger partial charge >= 0.3 is 0 Å². The van der Waals surface area contributed by atoms with Crippen molar-refractivity contribution < 1.29 is 9.26 Å². The van der Waals surface area contributed by atoms with Gasteiger partial charge in [-0.3, -0.25) is 9.80 Å². The predicted octanol–water partition coefficient (Wildman–Crippen LogP) is 3.29. The molecule has 0 radical (unpaired) electrons. The fourth-order valence-electron chi connectivity index (χ4n) is 3.57. The lowest BCUT2D eigenvalue weighted by Crippen LogP contribution is -2.48. The SMILES string of the molecule is Clc1ccc(-c2cc(CN3CCN(CC4CCCO4)CC3)on2)cc1. The van der Waals surface area contributed by atoms with Gasteiger partial charge in [0.05, 0.1) is 12.6 Å². The smallest absolute Gasteiger partial charge is 0.151 e. The van der Waals surface area contributed by atoms with Crippen molar-refractivity contribution in [2.75, 3.05) is 39.3 Å². The summed E-state index contributed by atoms with van der Waals surface area (Å²) in [6.07, 6.45) is 2.88. The summed E-state index contributed by atoms with van der Waals surface area (Å²) in [6.45, 7) is 7.14. The molecule has 0 bridgehead atoms. The highest BCUT2D eigenvalue weighted by Crippen LogP contribution is 2.22. The molecule has 2 aliphatic rings. The van der Waals surface area contributed by atoms with Crippen LogP contribution in [0.3, 0.4) is 0 Å². The second-order valence-corrected chi connectivity index (χ2v) is 7.33. The molecule has 2 aromatic rings. The molecule has 0 aliphatic carbocycles. The highest BCUT2D eigenvalue weighted by Gasteiger charge is 2.23. The highest BCUT2D eigenvalue weighted by molar-refractivity contribution is 6.30. The van der Waals surface area contributed by atoms with Gasteiger partial charge in [-0.05, 0) is 25.0 Å². The fourth-order valence-corrected chi connectivity index (χ4v) is 3.70. The third-order valence-corrected chi connectivity index (χ3v) is 5.28. The molecule has 0 amide bonds. The van der Waals surface area contributed by atoms with Gasteiger partial charge in [-0.1, -0.05) is 28.9 Å². The fraction of sp³-hybridized carbons (Fsp3) is 0.526. The van der Waals surface area contributed by atoms with Gasteiger partial charge in [0, 0.05) is 56.0 Å². The molecule has 0 N–H and O–H groups in total. The average Bonchev–Trinajstić information content (AvgIpc) is 3.29. The molecule has 2 fully saturated rings. The van der Waals surface area contributed by atoms with Gasteiger partial charge in [-0.2, -0.15) is 0 Å². The first-order valence-electron chi connectivity index (χ1n) is 9.04. The predicted molar refractivity (Wildman–Crippen MR) is 97.6 cm³/mol. The van der Waals surface area contributed by atoms with E-state index in [4.69, 9.17) is 20.9 Å². The third-order valence-electron chi connectivity index (χ3n) is 5.03. The number of aromatic nitrogens is 1. The maximum absolute atomic E-state index is 5.94. The molecule has 0 spiro atoms. The molecule has 4 rings (SSSR count). The van der Waals surface area contributed by atoms with Crippen molar-refractivity contribution in [3.8, 4) is 11.3 Å². The molecule has 1 unspecified atom stereocenters. The van der Waals surface area contributed by atoms with Crippen molar-refractivity contribution in [2.45, 2.75) is 25.5 Å². The largest absolute Gasteiger partial charge is 0.377 e. The zero-order valence-corrected chi connectivity index (χ0v) is 15.1. The van der Waals surface area contributed by atoms with Crippen LogP contribution in [0.25, 0.3) is 11.3 Å². The molecule has 1 atom stereocenters. The van der Waals surface area contributed by atoms with Gasteiger partial charge in [0.15, 0.2) is 5.76 Å². The van der Waals surface area contributed by atoms with Gasteiger partial charge in [-0.15, -0.1) is 0 Å². The minimum Gasteiger partial charge on any atom is -0.377 e. The van der Waals surface area contributed by atoms with Crippen LogP contribution in [0.1, 0.15) is 18.6 Å². The summed E-state index contributed by atoms with van der Waals surface area (Å²) in [5.41, 5.74) is 1.89. The average molecular weight is 362 g/mol. The van der Waals surface area contributed by atoms with E-state index in [0.29, 0.717) is 6.10 Å². The monoisotopic (exact) mass is 361 g/mol. The van der Waals surface area contributed by atoms with E-state index in [1.807, 2.05) is 30.3 Å². The van der Waals surface area contributed by atoms with Crippen LogP contribution in [-0.4, -0.2) is 60.4 Å². The van der Waals surface area contributed by atoms with Crippen LogP contribution in [0.4, 0.5) is 0 Å². The number of halogens is 1. The van der Waals surface area contributed by atoms with Crippen molar-refractivity contribution >= 4 is 11.6 Å². The molecule has 0 saturated carbocycles. The molecule has 25 heavy (non-hydrogen) atoms. The van der Waals surface area contributed by atoms with Crippen LogP contribution < -0.4 is 0 Å². The van der Waals surface area contributed by atoms with Crippen molar-refractivity contribution in [3.63, 3.8) is 0 Å². The van der Waals surface area contributed by atoms with E-state index in [9.17, 15) is 0 Å². The molecule has 1 aromatic heterocycles. The zero-order chi connectivity index (χ0) is 17.1. The Morgan fingerprint density at radius 3 is 2.56 bits per heavy atom. The molecular weight excluding hydrogens is 338 g/mol. The van der Waals surface area contributed by atoms with Crippen LogP contribution in [0.5, 0.6) is 0 Å². The van der Waals surface area contributed by atoms with Crippen molar-refractivity contribution in [2.24, 2.45) is 0 Å². The number of ether oxygens (including phenoxy) is 1. The Morgan fingerprint density at radius 2 is 1.84 bits per heavy atom. The number of nitrogens with zero attached hydrogens (tertiary/aromatic N) is 3. The lowest BCUT2D eigenvalue weighted by Gasteiger charge is -2.35. The summed E-state index contributed by atoms with van der Waals surface area (Å²) in [5, 5.41) is 4.92. The summed E-state index contributed by atoms with van der Waals surface area (Å²) in [7, 11) is 0. The number of hydrogen-bond acceptors (Lipinski definition) is 5. The molecule has 1 aromatic carbocycles. The Balaban J connectivity index is 1.28. The quantitative estimate of drug-likeness (QED) is 0.817. The third kappa shape index (κ3) is 4.42. The zero-order valence-electron chi connectivity index (χ0n) is 14.4. The molecule has 2 aliphatic heterocycles. The van der Waals surface area contributed by atoms with Gasteiger partial charge in [0.25, 0.3) is 0 Å². The van der Waals surface area contributed by atoms with Gasteiger partial charge < -0.3 is 9.26 Å². The minimum atomic E-state index is 0.447. The van der Waals surface area contributed by atoms with Crippen LogP contribution in [0, 0.1) is 0 Å². The summed E-state index contributed by atoms with van der Waals surface area (Å²) < 4.78 is 11.3. The van der Waals surface area contributed by atoms with E-state index in [-0.39, 0.29) is 0 Å². The van der Waals surface area contributed by atoms with Crippen molar-refractivity contribution in [1.82, 2.24) is 15.0 Å². The maximum atomic E-state index is 5.94.